The van der Waals surface area contributed by atoms with Crippen LogP contribution in [-0.4, -0.2) is 46.2 Å². The molecule has 0 atom stereocenters. The van der Waals surface area contributed by atoms with Gasteiger partial charge in [0.25, 0.3) is 0 Å². The van der Waals surface area contributed by atoms with E-state index in [9.17, 15) is 0 Å². The molecule has 0 amide bonds. The molecule has 0 radical (unpaired) electrons. The van der Waals surface area contributed by atoms with Crippen LogP contribution in [0.15, 0.2) is 16.9 Å². The first-order chi connectivity index (χ1) is 11.3. The molecule has 1 saturated heterocycles. The van der Waals surface area contributed by atoms with Crippen molar-refractivity contribution in [1.82, 2.24) is 20.0 Å². The van der Waals surface area contributed by atoms with Crippen LogP contribution in [0.25, 0.3) is 0 Å². The van der Waals surface area contributed by atoms with Crippen LogP contribution >= 0.6 is 0 Å². The van der Waals surface area contributed by atoms with Gasteiger partial charge in [0.05, 0.1) is 5.69 Å². The second-order valence-electron chi connectivity index (χ2n) is 6.52. The molecule has 1 aliphatic carbocycles. The fourth-order valence-electron chi connectivity index (χ4n) is 3.62. The minimum atomic E-state index is 0.868. The summed E-state index contributed by atoms with van der Waals surface area (Å²) in [6.45, 7) is 6.90. The number of nitrogens with zero attached hydrogens (tertiary/aromatic N) is 5. The van der Waals surface area contributed by atoms with Gasteiger partial charge in [0.15, 0.2) is 0 Å². The number of piperazine rings is 1. The summed E-state index contributed by atoms with van der Waals surface area (Å²) in [7, 11) is 0. The molecule has 6 nitrogen and oxygen atoms in total. The third-order valence-electron chi connectivity index (χ3n) is 4.84. The zero-order chi connectivity index (χ0) is 15.6. The molecule has 2 aliphatic rings. The SMILES string of the molecule is Cc1cc(CN2CCN(c3ncnc4c3CCCC4)CC2)no1. The summed E-state index contributed by atoms with van der Waals surface area (Å²) >= 11 is 0. The van der Waals surface area contributed by atoms with Crippen molar-refractivity contribution in [3.63, 3.8) is 0 Å². The Labute approximate surface area is 136 Å². The highest BCUT2D eigenvalue weighted by Crippen LogP contribution is 2.27. The second-order valence-corrected chi connectivity index (χ2v) is 6.52. The lowest BCUT2D eigenvalue weighted by Crippen LogP contribution is -2.46. The minimum absolute atomic E-state index is 0.868. The van der Waals surface area contributed by atoms with E-state index in [4.69, 9.17) is 4.52 Å². The Balaban J connectivity index is 1.42. The van der Waals surface area contributed by atoms with Crippen LogP contribution in [0, 0.1) is 6.92 Å². The van der Waals surface area contributed by atoms with Crippen LogP contribution in [0.1, 0.15) is 35.6 Å². The van der Waals surface area contributed by atoms with Gasteiger partial charge < -0.3 is 9.42 Å². The van der Waals surface area contributed by atoms with Gasteiger partial charge in [-0.1, -0.05) is 5.16 Å². The van der Waals surface area contributed by atoms with Crippen molar-refractivity contribution >= 4 is 5.82 Å². The van der Waals surface area contributed by atoms with Gasteiger partial charge in [0.1, 0.15) is 17.9 Å². The number of aryl methyl sites for hydroxylation is 2. The summed E-state index contributed by atoms with van der Waals surface area (Å²) in [5.74, 6) is 2.05. The highest BCUT2D eigenvalue weighted by Gasteiger charge is 2.23. The molecule has 2 aromatic rings. The van der Waals surface area contributed by atoms with E-state index in [2.05, 4.69) is 24.9 Å². The van der Waals surface area contributed by atoms with Crippen molar-refractivity contribution in [3.05, 3.63) is 35.1 Å². The van der Waals surface area contributed by atoms with Crippen LogP contribution in [0.3, 0.4) is 0 Å². The maximum absolute atomic E-state index is 5.15. The predicted octanol–water partition coefficient (Wildman–Crippen LogP) is 1.97. The third-order valence-corrected chi connectivity index (χ3v) is 4.84. The molecule has 1 aliphatic heterocycles. The van der Waals surface area contributed by atoms with E-state index in [1.165, 1.54) is 29.9 Å². The van der Waals surface area contributed by atoms with Gasteiger partial charge in [-0.05, 0) is 32.6 Å². The highest BCUT2D eigenvalue weighted by molar-refractivity contribution is 5.50. The van der Waals surface area contributed by atoms with Crippen molar-refractivity contribution in [1.29, 1.82) is 0 Å². The first kappa shape index (κ1) is 14.6. The van der Waals surface area contributed by atoms with Crippen molar-refractivity contribution in [2.24, 2.45) is 0 Å². The van der Waals surface area contributed by atoms with Crippen LogP contribution in [0.5, 0.6) is 0 Å². The highest BCUT2D eigenvalue weighted by atomic mass is 16.5. The maximum atomic E-state index is 5.15. The predicted molar refractivity (Wildman–Crippen MR) is 87.4 cm³/mol. The number of hydrogen-bond donors (Lipinski definition) is 0. The fraction of sp³-hybridized carbons (Fsp3) is 0.588. The van der Waals surface area contributed by atoms with Gasteiger partial charge in [-0.3, -0.25) is 4.90 Å². The van der Waals surface area contributed by atoms with Gasteiger partial charge in [-0.2, -0.15) is 0 Å². The summed E-state index contributed by atoms with van der Waals surface area (Å²) in [5, 5.41) is 4.09. The molecular weight excluding hydrogens is 290 g/mol. The molecular formula is C17H23N5O. The summed E-state index contributed by atoms with van der Waals surface area (Å²) in [4.78, 5) is 13.9. The van der Waals surface area contributed by atoms with E-state index >= 15 is 0 Å². The number of anilines is 1. The van der Waals surface area contributed by atoms with Crippen molar-refractivity contribution < 1.29 is 4.52 Å². The van der Waals surface area contributed by atoms with Gasteiger partial charge in [0.2, 0.25) is 0 Å². The zero-order valence-electron chi connectivity index (χ0n) is 13.7. The number of fused-ring (bicyclic) bond motifs is 1. The van der Waals surface area contributed by atoms with Gasteiger partial charge >= 0.3 is 0 Å². The average Bonchev–Trinajstić information content (AvgIpc) is 3.00. The molecule has 0 spiro atoms. The Morgan fingerprint density at radius 3 is 2.70 bits per heavy atom. The van der Waals surface area contributed by atoms with Crippen LogP contribution in [-0.2, 0) is 19.4 Å². The number of aromatic nitrogens is 3. The topological polar surface area (TPSA) is 58.3 Å². The molecule has 6 heteroatoms. The van der Waals surface area contributed by atoms with Gasteiger partial charge in [-0.25, -0.2) is 9.97 Å². The summed E-state index contributed by atoms with van der Waals surface area (Å²) < 4.78 is 5.15. The van der Waals surface area contributed by atoms with E-state index in [0.717, 1.165) is 57.0 Å². The molecule has 0 bridgehead atoms. The maximum Gasteiger partial charge on any atom is 0.135 e. The molecule has 0 saturated carbocycles. The van der Waals surface area contributed by atoms with E-state index in [0.29, 0.717) is 0 Å². The van der Waals surface area contributed by atoms with Crippen LogP contribution < -0.4 is 4.90 Å². The van der Waals surface area contributed by atoms with Crippen LogP contribution in [0.2, 0.25) is 0 Å². The van der Waals surface area contributed by atoms with Crippen molar-refractivity contribution in [2.45, 2.75) is 39.2 Å². The minimum Gasteiger partial charge on any atom is -0.361 e. The molecule has 1 fully saturated rings. The monoisotopic (exact) mass is 313 g/mol. The van der Waals surface area contributed by atoms with E-state index in [1.54, 1.807) is 6.33 Å². The number of hydrogen-bond acceptors (Lipinski definition) is 6. The summed E-state index contributed by atoms with van der Waals surface area (Å²) in [5.41, 5.74) is 3.68. The molecule has 0 N–H and O–H groups in total. The summed E-state index contributed by atoms with van der Waals surface area (Å²) in [6.07, 6.45) is 6.50. The normalized spacial score (nSPS) is 18.9. The van der Waals surface area contributed by atoms with E-state index < -0.39 is 0 Å². The Morgan fingerprint density at radius 2 is 1.91 bits per heavy atom. The van der Waals surface area contributed by atoms with Gasteiger partial charge in [0, 0.05) is 50.0 Å². The Bertz CT molecular complexity index is 675. The molecule has 0 aromatic carbocycles. The standard InChI is InChI=1S/C17H23N5O/c1-13-10-14(20-23-13)11-21-6-8-22(9-7-21)17-15-4-2-3-5-16(15)18-12-19-17/h10,12H,2-9,11H2,1H3. The Morgan fingerprint density at radius 1 is 1.09 bits per heavy atom. The molecule has 3 heterocycles. The largest absolute Gasteiger partial charge is 0.361 e. The molecule has 0 unspecified atom stereocenters. The summed E-state index contributed by atoms with van der Waals surface area (Å²) in [6, 6.07) is 2.02. The van der Waals surface area contributed by atoms with E-state index in [-0.39, 0.29) is 0 Å². The van der Waals surface area contributed by atoms with Crippen molar-refractivity contribution in [3.8, 4) is 0 Å². The first-order valence-electron chi connectivity index (χ1n) is 8.52. The van der Waals surface area contributed by atoms with Crippen molar-refractivity contribution in [2.75, 3.05) is 31.1 Å². The smallest absolute Gasteiger partial charge is 0.135 e. The lowest BCUT2D eigenvalue weighted by Gasteiger charge is -2.36. The lowest BCUT2D eigenvalue weighted by atomic mass is 9.96. The zero-order valence-corrected chi connectivity index (χ0v) is 13.7. The Hall–Kier alpha value is -1.95. The third kappa shape index (κ3) is 3.08. The average molecular weight is 313 g/mol. The van der Waals surface area contributed by atoms with Crippen LogP contribution in [0.4, 0.5) is 5.82 Å². The second kappa shape index (κ2) is 6.28. The molecule has 122 valence electrons. The molecule has 23 heavy (non-hydrogen) atoms. The molecule has 4 rings (SSSR count). The molecule has 2 aromatic heterocycles. The fourth-order valence-corrected chi connectivity index (χ4v) is 3.62. The quantitative estimate of drug-likeness (QED) is 0.863. The van der Waals surface area contributed by atoms with E-state index in [1.807, 2.05) is 13.0 Å². The van der Waals surface area contributed by atoms with Gasteiger partial charge in [-0.15, -0.1) is 0 Å². The number of rotatable bonds is 3. The Kier molecular flexibility index (Phi) is 3.99. The first-order valence-corrected chi connectivity index (χ1v) is 8.52. The lowest BCUT2D eigenvalue weighted by molar-refractivity contribution is 0.241.